The average molecular weight is 476 g/mol. The number of methoxy groups -OCH3 is 1. The van der Waals surface area contributed by atoms with Crippen LogP contribution in [0.15, 0.2) is 48.5 Å². The first kappa shape index (κ1) is 26.8. The third kappa shape index (κ3) is 9.98. The smallest absolute Gasteiger partial charge is 0.408 e. The predicted octanol–water partition coefficient (Wildman–Crippen LogP) is 4.92. The topological polar surface area (TPSA) is 64.6 Å². The normalized spacial score (nSPS) is 11.7. The zero-order valence-electron chi connectivity index (χ0n) is 21.0. The first-order chi connectivity index (χ1) is 15.8. The lowest BCUT2D eigenvalue weighted by atomic mass is 10.0. The van der Waals surface area contributed by atoms with Crippen LogP contribution in [0.2, 0.25) is 19.6 Å². The van der Waals surface area contributed by atoms with E-state index in [1.54, 1.807) is 20.8 Å². The van der Waals surface area contributed by atoms with Crippen LogP contribution < -0.4 is 5.32 Å². The predicted molar refractivity (Wildman–Crippen MR) is 138 cm³/mol. The van der Waals surface area contributed by atoms with Crippen LogP contribution in [-0.2, 0) is 20.7 Å². The van der Waals surface area contributed by atoms with E-state index in [4.69, 9.17) is 9.47 Å². The average Bonchev–Trinajstić information content (AvgIpc) is 2.75. The maximum Gasteiger partial charge on any atom is 0.408 e. The van der Waals surface area contributed by atoms with E-state index in [1.165, 1.54) is 7.11 Å². The molecule has 1 atom stereocenters. The van der Waals surface area contributed by atoms with Gasteiger partial charge in [-0.1, -0.05) is 49.5 Å². The molecule has 0 aliphatic carbocycles. The van der Waals surface area contributed by atoms with Crippen LogP contribution >= 0.6 is 0 Å². The highest BCUT2D eigenvalue weighted by Crippen LogP contribution is 2.11. The molecule has 0 radical (unpaired) electrons. The Labute approximate surface area is 204 Å². The molecule has 34 heavy (non-hydrogen) atoms. The van der Waals surface area contributed by atoms with Gasteiger partial charge in [-0.3, -0.25) is 0 Å². The number of ether oxygens (including phenoxy) is 2. The summed E-state index contributed by atoms with van der Waals surface area (Å²) in [5, 5.41) is 2.58. The second kappa shape index (κ2) is 11.6. The van der Waals surface area contributed by atoms with E-state index in [0.717, 1.165) is 22.3 Å². The van der Waals surface area contributed by atoms with Gasteiger partial charge >= 0.3 is 12.1 Å². The molecule has 0 aliphatic rings. The molecule has 0 bridgehead atoms. The SMILES string of the molecule is COC(=O)C(Cc1ccc(C#Cc2ccc(C#C[Si](C)(C)C)cc2)cc1)NC(=O)OC(C)(C)C. The van der Waals surface area contributed by atoms with E-state index in [-0.39, 0.29) is 6.42 Å². The van der Waals surface area contributed by atoms with E-state index in [2.05, 4.69) is 48.3 Å². The van der Waals surface area contributed by atoms with Gasteiger partial charge in [-0.2, -0.15) is 0 Å². The Kier molecular flexibility index (Phi) is 9.12. The molecular weight excluding hydrogens is 442 g/mol. The molecule has 0 aliphatic heterocycles. The zero-order chi connectivity index (χ0) is 25.4. The van der Waals surface area contributed by atoms with Gasteiger partial charge in [0, 0.05) is 23.1 Å². The van der Waals surface area contributed by atoms with Crippen molar-refractivity contribution in [3.8, 4) is 23.3 Å². The second-order valence-electron chi connectivity index (χ2n) is 9.95. The molecule has 2 aromatic carbocycles. The van der Waals surface area contributed by atoms with Crippen LogP contribution in [0.3, 0.4) is 0 Å². The minimum absolute atomic E-state index is 0.277. The number of alkyl carbamates (subject to hydrolysis) is 1. The van der Waals surface area contributed by atoms with E-state index in [0.29, 0.717) is 0 Å². The quantitative estimate of drug-likeness (QED) is 0.387. The zero-order valence-corrected chi connectivity index (χ0v) is 22.0. The number of nitrogens with one attached hydrogen (secondary N) is 1. The molecule has 2 aromatic rings. The first-order valence-corrected chi connectivity index (χ1v) is 14.7. The first-order valence-electron chi connectivity index (χ1n) is 11.2. The number of hydrogen-bond donors (Lipinski definition) is 1. The highest BCUT2D eigenvalue weighted by atomic mass is 28.3. The van der Waals surface area contributed by atoms with Gasteiger partial charge in [-0.25, -0.2) is 9.59 Å². The molecule has 0 spiro atoms. The molecule has 0 fully saturated rings. The monoisotopic (exact) mass is 475 g/mol. The van der Waals surface area contributed by atoms with Crippen LogP contribution in [-0.4, -0.2) is 38.9 Å². The van der Waals surface area contributed by atoms with Gasteiger partial charge < -0.3 is 14.8 Å². The van der Waals surface area contributed by atoms with Crippen LogP contribution in [0, 0.1) is 23.3 Å². The molecule has 0 heterocycles. The van der Waals surface area contributed by atoms with Gasteiger partial charge in [-0.05, 0) is 62.7 Å². The Morgan fingerprint density at radius 1 is 0.882 bits per heavy atom. The molecule has 178 valence electrons. The molecule has 0 aromatic heterocycles. The van der Waals surface area contributed by atoms with Crippen LogP contribution in [0.1, 0.15) is 43.0 Å². The number of esters is 1. The van der Waals surface area contributed by atoms with Crippen molar-refractivity contribution in [2.45, 2.75) is 58.5 Å². The summed E-state index contributed by atoms with van der Waals surface area (Å²) in [4.78, 5) is 24.2. The van der Waals surface area contributed by atoms with Crippen molar-refractivity contribution >= 4 is 20.1 Å². The standard InChI is InChI=1S/C28H33NO4Si/c1-28(2,3)33-27(31)29-25(26(30)32-4)20-24-16-14-22(15-17-24)9-8-21-10-12-23(13-11-21)18-19-34(5,6)7/h10-17,25H,20H2,1-7H3,(H,29,31). The Bertz CT molecular complexity index is 1120. The van der Waals surface area contributed by atoms with E-state index >= 15 is 0 Å². The lowest BCUT2D eigenvalue weighted by molar-refractivity contribution is -0.143. The summed E-state index contributed by atoms with van der Waals surface area (Å²) in [5.74, 6) is 9.01. The summed E-state index contributed by atoms with van der Waals surface area (Å²) in [5.41, 5.74) is 6.32. The van der Waals surface area contributed by atoms with Crippen LogP contribution in [0.5, 0.6) is 0 Å². The second-order valence-corrected chi connectivity index (χ2v) is 14.7. The number of carbonyl (C=O) groups is 2. The third-order valence-electron chi connectivity index (χ3n) is 4.39. The molecule has 1 amide bonds. The highest BCUT2D eigenvalue weighted by Gasteiger charge is 2.25. The molecule has 5 nitrogen and oxygen atoms in total. The Balaban J connectivity index is 2.05. The largest absolute Gasteiger partial charge is 0.467 e. The molecule has 6 heteroatoms. The van der Waals surface area contributed by atoms with Crippen molar-refractivity contribution < 1.29 is 19.1 Å². The maximum absolute atomic E-state index is 12.1. The molecule has 1 N–H and O–H groups in total. The number of hydrogen-bond acceptors (Lipinski definition) is 4. The summed E-state index contributed by atoms with van der Waals surface area (Å²) in [6, 6.07) is 14.6. The summed E-state index contributed by atoms with van der Waals surface area (Å²) >= 11 is 0. The van der Waals surface area contributed by atoms with E-state index in [9.17, 15) is 9.59 Å². The van der Waals surface area contributed by atoms with Gasteiger partial charge in [0.2, 0.25) is 0 Å². The van der Waals surface area contributed by atoms with Gasteiger partial charge in [0.05, 0.1) is 7.11 Å². The van der Waals surface area contributed by atoms with E-state index in [1.807, 2.05) is 48.5 Å². The fourth-order valence-electron chi connectivity index (χ4n) is 2.79. The molecule has 1 unspecified atom stereocenters. The van der Waals surface area contributed by atoms with Crippen molar-refractivity contribution in [3.63, 3.8) is 0 Å². The van der Waals surface area contributed by atoms with Gasteiger partial charge in [0.25, 0.3) is 0 Å². The summed E-state index contributed by atoms with van der Waals surface area (Å²) in [6.45, 7) is 11.9. The van der Waals surface area contributed by atoms with Crippen molar-refractivity contribution in [1.29, 1.82) is 0 Å². The van der Waals surface area contributed by atoms with E-state index < -0.39 is 31.8 Å². The maximum atomic E-state index is 12.1. The van der Waals surface area contributed by atoms with Crippen LogP contribution in [0.25, 0.3) is 0 Å². The lowest BCUT2D eigenvalue weighted by Gasteiger charge is -2.22. The third-order valence-corrected chi connectivity index (χ3v) is 5.26. The van der Waals surface area contributed by atoms with Gasteiger partial charge in [0.15, 0.2) is 0 Å². The molecule has 2 rings (SSSR count). The Hall–Kier alpha value is -3.48. The number of amides is 1. The van der Waals surface area contributed by atoms with Crippen molar-refractivity contribution in [2.24, 2.45) is 0 Å². The minimum Gasteiger partial charge on any atom is -0.467 e. The number of carbonyl (C=O) groups excluding carboxylic acids is 2. The van der Waals surface area contributed by atoms with Gasteiger partial charge in [0.1, 0.15) is 19.7 Å². The number of rotatable bonds is 4. The fourth-order valence-corrected chi connectivity index (χ4v) is 3.31. The van der Waals surface area contributed by atoms with Gasteiger partial charge in [-0.15, -0.1) is 5.54 Å². The van der Waals surface area contributed by atoms with Crippen LogP contribution in [0.4, 0.5) is 4.79 Å². The van der Waals surface area contributed by atoms with Crippen molar-refractivity contribution in [2.75, 3.05) is 7.11 Å². The summed E-state index contributed by atoms with van der Waals surface area (Å²) in [6.07, 6.45) is -0.387. The van der Waals surface area contributed by atoms with Crippen molar-refractivity contribution in [1.82, 2.24) is 5.32 Å². The molecular formula is C28H33NO4Si. The highest BCUT2D eigenvalue weighted by molar-refractivity contribution is 6.83. The summed E-state index contributed by atoms with van der Waals surface area (Å²) < 4.78 is 10.1. The van der Waals surface area contributed by atoms with Crippen molar-refractivity contribution in [3.05, 3.63) is 70.8 Å². The summed E-state index contributed by atoms with van der Waals surface area (Å²) in [7, 11) is -0.108. The fraction of sp³-hybridized carbons (Fsp3) is 0.357. The molecule has 0 saturated carbocycles. The molecule has 0 saturated heterocycles. The Morgan fingerprint density at radius 3 is 1.79 bits per heavy atom. The lowest BCUT2D eigenvalue weighted by Crippen LogP contribution is -2.45. The Morgan fingerprint density at radius 2 is 1.35 bits per heavy atom. The minimum atomic E-state index is -1.40. The number of benzene rings is 2.